The number of nitrogens with zero attached hydrogens (tertiary/aromatic N) is 1. The van der Waals surface area contributed by atoms with Gasteiger partial charge in [0.1, 0.15) is 6.04 Å². The number of amides is 1. The Morgan fingerprint density at radius 1 is 1.00 bits per heavy atom. The number of carbonyl (C=O) groups is 2. The lowest BCUT2D eigenvalue weighted by atomic mass is 10.0. The first-order valence-corrected chi connectivity index (χ1v) is 7.76. The first-order valence-electron chi connectivity index (χ1n) is 7.76. The lowest BCUT2D eigenvalue weighted by Crippen LogP contribution is -2.48. The van der Waals surface area contributed by atoms with Crippen LogP contribution < -0.4 is 14.2 Å². The molecule has 1 aliphatic heterocycles. The van der Waals surface area contributed by atoms with E-state index in [9.17, 15) is 9.59 Å². The molecule has 0 aromatic heterocycles. The Morgan fingerprint density at radius 3 is 2.12 bits per heavy atom. The van der Waals surface area contributed by atoms with Gasteiger partial charge in [-0.05, 0) is 31.4 Å². The minimum absolute atomic E-state index is 0.260. The summed E-state index contributed by atoms with van der Waals surface area (Å²) < 4.78 is 20.7. The van der Waals surface area contributed by atoms with Gasteiger partial charge in [-0.3, -0.25) is 4.79 Å². The van der Waals surface area contributed by atoms with E-state index in [4.69, 9.17) is 18.9 Å². The molecular weight excluding hydrogens is 314 g/mol. The van der Waals surface area contributed by atoms with E-state index in [0.29, 0.717) is 35.8 Å². The number of ether oxygens (including phenoxy) is 4. The lowest BCUT2D eigenvalue weighted by Gasteiger charge is -2.34. The van der Waals surface area contributed by atoms with Crippen LogP contribution in [0.4, 0.5) is 0 Å². The highest BCUT2D eigenvalue weighted by Crippen LogP contribution is 2.38. The van der Waals surface area contributed by atoms with Crippen LogP contribution in [0.15, 0.2) is 12.1 Å². The molecule has 1 aromatic carbocycles. The fourth-order valence-corrected chi connectivity index (χ4v) is 2.93. The Morgan fingerprint density at radius 2 is 1.62 bits per heavy atom. The average molecular weight is 337 g/mol. The van der Waals surface area contributed by atoms with Crippen molar-refractivity contribution in [1.82, 2.24) is 4.90 Å². The van der Waals surface area contributed by atoms with E-state index in [1.807, 2.05) is 0 Å². The monoisotopic (exact) mass is 337 g/mol. The van der Waals surface area contributed by atoms with Crippen LogP contribution in [0, 0.1) is 0 Å². The van der Waals surface area contributed by atoms with Crippen molar-refractivity contribution in [2.45, 2.75) is 25.3 Å². The van der Waals surface area contributed by atoms with Crippen LogP contribution in [0.5, 0.6) is 17.2 Å². The van der Waals surface area contributed by atoms with Gasteiger partial charge in [-0.1, -0.05) is 0 Å². The predicted molar refractivity (Wildman–Crippen MR) is 86.8 cm³/mol. The van der Waals surface area contributed by atoms with E-state index in [1.54, 1.807) is 17.0 Å². The first-order chi connectivity index (χ1) is 11.6. The highest BCUT2D eigenvalue weighted by atomic mass is 16.5. The number of rotatable bonds is 5. The molecule has 1 amide bonds. The Hall–Kier alpha value is -2.44. The lowest BCUT2D eigenvalue weighted by molar-refractivity contribution is -0.147. The van der Waals surface area contributed by atoms with Crippen LogP contribution in [0.1, 0.15) is 29.6 Å². The maximum Gasteiger partial charge on any atom is 0.328 e. The largest absolute Gasteiger partial charge is 0.493 e. The zero-order valence-electron chi connectivity index (χ0n) is 14.5. The number of benzene rings is 1. The molecule has 132 valence electrons. The smallest absolute Gasteiger partial charge is 0.328 e. The van der Waals surface area contributed by atoms with Gasteiger partial charge in [0.25, 0.3) is 5.91 Å². The second kappa shape index (κ2) is 7.90. The third kappa shape index (κ3) is 3.39. The van der Waals surface area contributed by atoms with Gasteiger partial charge in [-0.2, -0.15) is 0 Å². The van der Waals surface area contributed by atoms with Crippen molar-refractivity contribution in [3.63, 3.8) is 0 Å². The first kappa shape index (κ1) is 17.9. The number of hydrogen-bond donors (Lipinski definition) is 0. The van der Waals surface area contributed by atoms with Crippen molar-refractivity contribution in [3.05, 3.63) is 17.7 Å². The van der Waals surface area contributed by atoms with E-state index < -0.39 is 12.0 Å². The van der Waals surface area contributed by atoms with Gasteiger partial charge < -0.3 is 23.8 Å². The Kier molecular flexibility index (Phi) is 5.89. The molecule has 0 N–H and O–H groups in total. The quantitative estimate of drug-likeness (QED) is 0.764. The Balaban J connectivity index is 2.39. The maximum atomic E-state index is 12.9. The van der Waals surface area contributed by atoms with E-state index in [0.717, 1.165) is 12.8 Å². The van der Waals surface area contributed by atoms with Crippen LogP contribution in [-0.2, 0) is 9.53 Å². The molecule has 1 saturated heterocycles. The summed E-state index contributed by atoms with van der Waals surface area (Å²) in [5, 5.41) is 0. The van der Waals surface area contributed by atoms with E-state index in [2.05, 4.69) is 0 Å². The van der Waals surface area contributed by atoms with Gasteiger partial charge >= 0.3 is 5.97 Å². The summed E-state index contributed by atoms with van der Waals surface area (Å²) in [4.78, 5) is 26.5. The van der Waals surface area contributed by atoms with Crippen LogP contribution in [0.3, 0.4) is 0 Å². The summed E-state index contributed by atoms with van der Waals surface area (Å²) in [7, 11) is 5.81. The molecule has 1 atom stereocenters. The number of likely N-dealkylation sites (tertiary alicyclic amines) is 1. The van der Waals surface area contributed by atoms with Crippen molar-refractivity contribution in [3.8, 4) is 17.2 Å². The van der Waals surface area contributed by atoms with Crippen molar-refractivity contribution in [1.29, 1.82) is 0 Å². The molecule has 2 rings (SSSR count). The minimum atomic E-state index is -0.560. The summed E-state index contributed by atoms with van der Waals surface area (Å²) >= 11 is 0. The van der Waals surface area contributed by atoms with Gasteiger partial charge in [0.15, 0.2) is 11.5 Å². The summed E-state index contributed by atoms with van der Waals surface area (Å²) in [6.45, 7) is 0.509. The molecule has 1 aliphatic rings. The fraction of sp³-hybridized carbons (Fsp3) is 0.529. The molecule has 1 aromatic rings. The van der Waals surface area contributed by atoms with Gasteiger partial charge in [-0.25, -0.2) is 4.79 Å². The third-order valence-corrected chi connectivity index (χ3v) is 4.15. The normalized spacial score (nSPS) is 17.2. The molecule has 7 nitrogen and oxygen atoms in total. The standard InChI is InChI=1S/C17H23NO6/c1-21-13-9-11(10-14(22-2)15(13)23-3)16(19)18-8-6-5-7-12(18)17(20)24-4/h9-10,12H,5-8H2,1-4H3. The van der Waals surface area contributed by atoms with Crippen molar-refractivity contribution in [2.75, 3.05) is 35.0 Å². The Bertz CT molecular complexity index is 590. The summed E-state index contributed by atoms with van der Waals surface area (Å²) in [5.41, 5.74) is 0.375. The zero-order chi connectivity index (χ0) is 17.7. The molecule has 0 aliphatic carbocycles. The van der Waals surface area contributed by atoms with Crippen molar-refractivity contribution < 1.29 is 28.5 Å². The maximum absolute atomic E-state index is 12.9. The van der Waals surface area contributed by atoms with Crippen molar-refractivity contribution in [2.24, 2.45) is 0 Å². The number of hydrogen-bond acceptors (Lipinski definition) is 6. The number of carbonyl (C=O) groups excluding carboxylic acids is 2. The van der Waals surface area contributed by atoms with Crippen LogP contribution >= 0.6 is 0 Å². The fourth-order valence-electron chi connectivity index (χ4n) is 2.93. The second-order valence-corrected chi connectivity index (χ2v) is 5.45. The Labute approximate surface area is 141 Å². The average Bonchev–Trinajstić information content (AvgIpc) is 2.65. The highest BCUT2D eigenvalue weighted by molar-refractivity contribution is 5.98. The molecular formula is C17H23NO6. The summed E-state index contributed by atoms with van der Waals surface area (Å²) in [6, 6.07) is 2.62. The van der Waals surface area contributed by atoms with Crippen LogP contribution in [0.2, 0.25) is 0 Å². The van der Waals surface area contributed by atoms with Crippen LogP contribution in [-0.4, -0.2) is 57.8 Å². The number of piperidine rings is 1. The second-order valence-electron chi connectivity index (χ2n) is 5.45. The molecule has 0 saturated carbocycles. The number of methoxy groups -OCH3 is 4. The molecule has 24 heavy (non-hydrogen) atoms. The SMILES string of the molecule is COC(=O)C1CCCCN1C(=O)c1cc(OC)c(OC)c(OC)c1. The molecule has 1 fully saturated rings. The van der Waals surface area contributed by atoms with Gasteiger partial charge in [-0.15, -0.1) is 0 Å². The van der Waals surface area contributed by atoms with E-state index in [-0.39, 0.29) is 5.91 Å². The molecule has 0 radical (unpaired) electrons. The zero-order valence-corrected chi connectivity index (χ0v) is 14.5. The van der Waals surface area contributed by atoms with Crippen molar-refractivity contribution >= 4 is 11.9 Å². The van der Waals surface area contributed by atoms with Crippen LogP contribution in [0.25, 0.3) is 0 Å². The molecule has 7 heteroatoms. The topological polar surface area (TPSA) is 74.3 Å². The molecule has 0 spiro atoms. The minimum Gasteiger partial charge on any atom is -0.493 e. The van der Waals surface area contributed by atoms with E-state index in [1.165, 1.54) is 28.4 Å². The van der Waals surface area contributed by atoms with E-state index >= 15 is 0 Å². The third-order valence-electron chi connectivity index (χ3n) is 4.15. The predicted octanol–water partition coefficient (Wildman–Crippen LogP) is 1.88. The summed E-state index contributed by atoms with van der Waals surface area (Å²) in [5.74, 6) is 0.554. The molecule has 1 heterocycles. The van der Waals surface area contributed by atoms with Gasteiger partial charge in [0.2, 0.25) is 5.75 Å². The number of esters is 1. The summed E-state index contributed by atoms with van der Waals surface area (Å²) in [6.07, 6.45) is 2.34. The highest BCUT2D eigenvalue weighted by Gasteiger charge is 2.34. The molecule has 1 unspecified atom stereocenters. The van der Waals surface area contributed by atoms with Gasteiger partial charge in [0.05, 0.1) is 28.4 Å². The molecule has 0 bridgehead atoms. The van der Waals surface area contributed by atoms with Gasteiger partial charge in [0, 0.05) is 12.1 Å².